The summed E-state index contributed by atoms with van der Waals surface area (Å²) in [6.45, 7) is 8.69. The molecule has 0 fully saturated rings. The van der Waals surface area contributed by atoms with E-state index in [4.69, 9.17) is 14.3 Å². The van der Waals surface area contributed by atoms with E-state index in [0.29, 0.717) is 0 Å². The van der Waals surface area contributed by atoms with Crippen molar-refractivity contribution in [1.29, 1.82) is 0 Å². The maximum Gasteiger partial charge on any atom is 0.154 e. The molecular formula is C8H18O3. The van der Waals surface area contributed by atoms with Crippen molar-refractivity contribution in [2.24, 2.45) is 0 Å². The van der Waals surface area contributed by atoms with Gasteiger partial charge in [0.25, 0.3) is 0 Å². The lowest BCUT2D eigenvalue weighted by molar-refractivity contribution is -0.123. The zero-order valence-corrected chi connectivity index (χ0v) is 7.79. The Morgan fingerprint density at radius 2 is 1.55 bits per heavy atom. The van der Waals surface area contributed by atoms with Gasteiger partial charge in [0, 0.05) is 13.2 Å². The molecule has 0 radical (unpaired) electrons. The monoisotopic (exact) mass is 162 g/mol. The number of hydrogen-bond acceptors (Lipinski definition) is 3. The molecule has 0 aromatic heterocycles. The third kappa shape index (κ3) is 17.7. The van der Waals surface area contributed by atoms with Gasteiger partial charge in [0.15, 0.2) is 6.29 Å². The Kier molecular flexibility index (Phi) is 14.7. The summed E-state index contributed by atoms with van der Waals surface area (Å²) in [5.74, 6) is 0. The molecule has 0 aliphatic heterocycles. The maximum atomic E-state index is 8.81. The first kappa shape index (κ1) is 13.2. The summed E-state index contributed by atoms with van der Waals surface area (Å²) < 4.78 is 10.1. The van der Waals surface area contributed by atoms with Crippen LogP contribution in [0.5, 0.6) is 0 Å². The zero-order valence-electron chi connectivity index (χ0n) is 7.79. The first-order valence-electron chi connectivity index (χ1n) is 3.85. The summed E-state index contributed by atoms with van der Waals surface area (Å²) >= 11 is 0. The number of aldehydes is 1. The second kappa shape index (κ2) is 12.3. The normalized spacial score (nSPS) is 8.82. The van der Waals surface area contributed by atoms with Crippen LogP contribution >= 0.6 is 0 Å². The maximum absolute atomic E-state index is 8.81. The number of ether oxygens (including phenoxy) is 2. The van der Waals surface area contributed by atoms with Gasteiger partial charge in [-0.3, -0.25) is 0 Å². The molecule has 0 spiro atoms. The molecule has 0 unspecified atom stereocenters. The molecule has 0 amide bonds. The Morgan fingerprint density at radius 3 is 1.73 bits per heavy atom. The average molecular weight is 162 g/mol. The van der Waals surface area contributed by atoms with Crippen LogP contribution in [0.25, 0.3) is 0 Å². The van der Waals surface area contributed by atoms with E-state index in [0.717, 1.165) is 19.5 Å². The van der Waals surface area contributed by atoms with Gasteiger partial charge in [-0.05, 0) is 27.7 Å². The topological polar surface area (TPSA) is 35.5 Å². The highest BCUT2D eigenvalue weighted by Gasteiger charge is 1.94. The molecule has 0 N–H and O–H groups in total. The van der Waals surface area contributed by atoms with E-state index in [2.05, 4.69) is 0 Å². The summed E-state index contributed by atoms with van der Waals surface area (Å²) in [5, 5.41) is 0. The van der Waals surface area contributed by atoms with Crippen molar-refractivity contribution in [1.82, 2.24) is 0 Å². The van der Waals surface area contributed by atoms with Crippen LogP contribution in [-0.4, -0.2) is 25.8 Å². The van der Waals surface area contributed by atoms with Crippen LogP contribution in [0, 0.1) is 0 Å². The standard InChI is InChI=1S/C6H14O2.C2H4O/c1-4-7-6(3)8-5-2;1-2-3/h6H,4-5H2,1-3H3;2H,1H3. The van der Waals surface area contributed by atoms with Crippen molar-refractivity contribution < 1.29 is 14.3 Å². The Labute approximate surface area is 68.7 Å². The number of hydrogen-bond donors (Lipinski definition) is 0. The van der Waals surface area contributed by atoms with Gasteiger partial charge in [-0.15, -0.1) is 0 Å². The minimum absolute atomic E-state index is 0.0370. The van der Waals surface area contributed by atoms with Crippen LogP contribution in [0.4, 0.5) is 0 Å². The summed E-state index contributed by atoms with van der Waals surface area (Å²) in [5.41, 5.74) is 0. The molecule has 0 heterocycles. The van der Waals surface area contributed by atoms with Crippen LogP contribution in [0.2, 0.25) is 0 Å². The molecule has 0 bridgehead atoms. The molecular weight excluding hydrogens is 144 g/mol. The van der Waals surface area contributed by atoms with E-state index in [9.17, 15) is 0 Å². The summed E-state index contributed by atoms with van der Waals surface area (Å²) in [4.78, 5) is 8.81. The van der Waals surface area contributed by atoms with Crippen molar-refractivity contribution in [2.75, 3.05) is 13.2 Å². The van der Waals surface area contributed by atoms with Gasteiger partial charge in [0.05, 0.1) is 0 Å². The quantitative estimate of drug-likeness (QED) is 0.465. The predicted molar refractivity (Wildman–Crippen MR) is 44.5 cm³/mol. The summed E-state index contributed by atoms with van der Waals surface area (Å²) in [6, 6.07) is 0. The van der Waals surface area contributed by atoms with Crippen LogP contribution in [0.15, 0.2) is 0 Å². The molecule has 68 valence electrons. The molecule has 3 nitrogen and oxygen atoms in total. The summed E-state index contributed by atoms with van der Waals surface area (Å²) in [6.07, 6.45) is 0.713. The van der Waals surface area contributed by atoms with E-state index < -0.39 is 0 Å². The molecule has 0 rings (SSSR count). The van der Waals surface area contributed by atoms with Gasteiger partial charge < -0.3 is 14.3 Å². The molecule has 0 atom stereocenters. The predicted octanol–water partition coefficient (Wildman–Crippen LogP) is 1.61. The number of carbonyl (C=O) groups is 1. The van der Waals surface area contributed by atoms with Crippen molar-refractivity contribution in [3.63, 3.8) is 0 Å². The molecule has 0 saturated heterocycles. The molecule has 0 saturated carbocycles. The lowest BCUT2D eigenvalue weighted by Crippen LogP contribution is -2.11. The second-order valence-electron chi connectivity index (χ2n) is 1.71. The van der Waals surface area contributed by atoms with Crippen LogP contribution in [0.3, 0.4) is 0 Å². The Bertz CT molecular complexity index is 67.7. The molecule has 0 aromatic rings. The van der Waals surface area contributed by atoms with Crippen molar-refractivity contribution >= 4 is 6.29 Å². The van der Waals surface area contributed by atoms with Crippen molar-refractivity contribution in [3.8, 4) is 0 Å². The molecule has 3 heteroatoms. The highest BCUT2D eigenvalue weighted by molar-refractivity contribution is 5.44. The fourth-order valence-electron chi connectivity index (χ4n) is 0.518. The SMILES string of the molecule is CC=O.CCOC(C)OCC. The second-order valence-corrected chi connectivity index (χ2v) is 1.71. The smallest absolute Gasteiger partial charge is 0.154 e. The minimum Gasteiger partial charge on any atom is -0.353 e. The zero-order chi connectivity index (χ0) is 9.11. The van der Waals surface area contributed by atoms with Crippen molar-refractivity contribution in [2.45, 2.75) is 34.0 Å². The Hall–Kier alpha value is -0.410. The van der Waals surface area contributed by atoms with Gasteiger partial charge in [0.2, 0.25) is 0 Å². The van der Waals surface area contributed by atoms with Gasteiger partial charge in [0.1, 0.15) is 6.29 Å². The third-order valence-corrected chi connectivity index (χ3v) is 0.803. The number of carbonyl (C=O) groups excluding carboxylic acids is 1. The highest BCUT2D eigenvalue weighted by atomic mass is 16.7. The van der Waals surface area contributed by atoms with E-state index in [1.807, 2.05) is 20.8 Å². The van der Waals surface area contributed by atoms with Crippen LogP contribution < -0.4 is 0 Å². The van der Waals surface area contributed by atoms with Gasteiger partial charge in [-0.1, -0.05) is 0 Å². The van der Waals surface area contributed by atoms with E-state index in [-0.39, 0.29) is 6.29 Å². The largest absolute Gasteiger partial charge is 0.353 e. The first-order chi connectivity index (χ1) is 5.22. The average Bonchev–Trinajstić information content (AvgIpc) is 1.90. The fourth-order valence-corrected chi connectivity index (χ4v) is 0.518. The molecule has 0 aliphatic carbocycles. The minimum atomic E-state index is -0.0370. The lowest BCUT2D eigenvalue weighted by Gasteiger charge is -2.09. The van der Waals surface area contributed by atoms with E-state index in [1.165, 1.54) is 6.92 Å². The van der Waals surface area contributed by atoms with Gasteiger partial charge in [-0.2, -0.15) is 0 Å². The molecule has 0 aromatic carbocycles. The van der Waals surface area contributed by atoms with E-state index in [1.54, 1.807) is 0 Å². The van der Waals surface area contributed by atoms with Crippen LogP contribution in [0.1, 0.15) is 27.7 Å². The van der Waals surface area contributed by atoms with Crippen molar-refractivity contribution in [3.05, 3.63) is 0 Å². The van der Waals surface area contributed by atoms with Crippen LogP contribution in [-0.2, 0) is 14.3 Å². The highest BCUT2D eigenvalue weighted by Crippen LogP contribution is 1.90. The van der Waals surface area contributed by atoms with E-state index >= 15 is 0 Å². The van der Waals surface area contributed by atoms with Gasteiger partial charge in [-0.25, -0.2) is 0 Å². The number of rotatable bonds is 4. The Balaban J connectivity index is 0. The summed E-state index contributed by atoms with van der Waals surface area (Å²) in [7, 11) is 0. The van der Waals surface area contributed by atoms with Gasteiger partial charge >= 0.3 is 0 Å². The fraction of sp³-hybridized carbons (Fsp3) is 0.875. The Morgan fingerprint density at radius 1 is 1.27 bits per heavy atom. The lowest BCUT2D eigenvalue weighted by atomic mass is 10.7. The molecule has 0 aliphatic rings. The molecule has 11 heavy (non-hydrogen) atoms. The third-order valence-electron chi connectivity index (χ3n) is 0.803. The first-order valence-corrected chi connectivity index (χ1v) is 3.85.